The monoisotopic (exact) mass is 462 g/mol. The lowest BCUT2D eigenvalue weighted by Crippen LogP contribution is -2.46. The van der Waals surface area contributed by atoms with Crippen LogP contribution in [-0.4, -0.2) is 52.7 Å². The fourth-order valence-corrected chi connectivity index (χ4v) is 3.75. The van der Waals surface area contributed by atoms with Crippen molar-refractivity contribution in [1.82, 2.24) is 9.96 Å². The van der Waals surface area contributed by atoms with E-state index in [4.69, 9.17) is 21.5 Å². The van der Waals surface area contributed by atoms with Crippen LogP contribution in [0.5, 0.6) is 0 Å². The molecule has 10 heteroatoms. The van der Waals surface area contributed by atoms with Gasteiger partial charge < -0.3 is 9.94 Å². The number of hydrogen-bond donors (Lipinski definition) is 1. The lowest BCUT2D eigenvalue weighted by atomic mass is 10.0. The summed E-state index contributed by atoms with van der Waals surface area (Å²) < 4.78 is 39.6. The molecule has 0 unspecified atom stereocenters. The predicted molar refractivity (Wildman–Crippen MR) is 109 cm³/mol. The Morgan fingerprint density at radius 3 is 2.48 bits per heavy atom. The van der Waals surface area contributed by atoms with Gasteiger partial charge in [0.1, 0.15) is 0 Å². The maximum absolute atomic E-state index is 13.2. The molecule has 0 aromatic heterocycles. The van der Waals surface area contributed by atoms with Crippen LogP contribution in [0.2, 0.25) is 5.02 Å². The number of nitrogens with zero attached hydrogens (tertiary/aromatic N) is 2. The van der Waals surface area contributed by atoms with Crippen LogP contribution in [0.15, 0.2) is 30.4 Å². The quantitative estimate of drug-likeness (QED) is 0.578. The molecule has 0 atom stereocenters. The average Bonchev–Trinajstić information content (AvgIpc) is 2.66. The molecule has 0 amide bonds. The SMILES string of the molecule is CC(C)CN(Cc1ccc(Cl)c(C(F)(F)F)c1)C1CCN(OC(=O)/C=C/C(=O)O)CC1. The fraction of sp³-hybridized carbons (Fsp3) is 0.524. The van der Waals surface area contributed by atoms with Gasteiger partial charge in [-0.3, -0.25) is 4.90 Å². The van der Waals surface area contributed by atoms with E-state index in [1.165, 1.54) is 11.1 Å². The van der Waals surface area contributed by atoms with Crippen molar-refractivity contribution >= 4 is 23.5 Å². The molecule has 0 aliphatic carbocycles. The number of alkyl halides is 3. The molecule has 1 aliphatic rings. The van der Waals surface area contributed by atoms with E-state index >= 15 is 0 Å². The number of carbonyl (C=O) groups is 2. The minimum absolute atomic E-state index is 0.108. The van der Waals surface area contributed by atoms with Crippen LogP contribution in [0.3, 0.4) is 0 Å². The highest BCUT2D eigenvalue weighted by atomic mass is 35.5. The first-order valence-electron chi connectivity index (χ1n) is 9.93. The smallest absolute Gasteiger partial charge is 0.417 e. The van der Waals surface area contributed by atoms with Crippen LogP contribution < -0.4 is 0 Å². The normalized spacial score (nSPS) is 16.4. The highest BCUT2D eigenvalue weighted by molar-refractivity contribution is 6.31. The molecule has 1 aromatic carbocycles. The number of carboxylic acids is 1. The number of carboxylic acid groups (broad SMARTS) is 1. The molecule has 172 valence electrons. The molecule has 1 saturated heterocycles. The number of rotatable bonds is 8. The maximum atomic E-state index is 13.2. The Balaban J connectivity index is 2.03. The predicted octanol–water partition coefficient (Wildman–Crippen LogP) is 4.38. The highest BCUT2D eigenvalue weighted by Gasteiger charge is 2.34. The maximum Gasteiger partial charge on any atom is 0.417 e. The van der Waals surface area contributed by atoms with Crippen molar-refractivity contribution in [3.63, 3.8) is 0 Å². The van der Waals surface area contributed by atoms with Gasteiger partial charge in [-0.1, -0.05) is 31.5 Å². The van der Waals surface area contributed by atoms with Crippen molar-refractivity contribution in [2.45, 2.75) is 45.5 Å². The van der Waals surface area contributed by atoms with Crippen LogP contribution >= 0.6 is 11.6 Å². The molecule has 2 rings (SSSR count). The second kappa shape index (κ2) is 11.0. The number of piperidine rings is 1. The molecule has 6 nitrogen and oxygen atoms in total. The third-order valence-corrected chi connectivity index (χ3v) is 5.17. The molecular formula is C21H26ClF3N2O4. The fourth-order valence-electron chi connectivity index (χ4n) is 3.53. The summed E-state index contributed by atoms with van der Waals surface area (Å²) in [6.45, 7) is 6.03. The second-order valence-electron chi connectivity index (χ2n) is 7.88. The van der Waals surface area contributed by atoms with E-state index < -0.39 is 23.7 Å². The Bertz CT molecular complexity index is 806. The summed E-state index contributed by atoms with van der Waals surface area (Å²) >= 11 is 5.73. The minimum atomic E-state index is -4.51. The van der Waals surface area contributed by atoms with E-state index in [1.54, 1.807) is 6.07 Å². The molecule has 0 radical (unpaired) electrons. The molecule has 1 heterocycles. The Hall–Kier alpha value is -2.10. The highest BCUT2D eigenvalue weighted by Crippen LogP contribution is 2.35. The van der Waals surface area contributed by atoms with Gasteiger partial charge in [0, 0.05) is 44.4 Å². The topological polar surface area (TPSA) is 70.1 Å². The first-order chi connectivity index (χ1) is 14.5. The number of hydroxylamine groups is 2. The Labute approximate surface area is 184 Å². The molecule has 1 fully saturated rings. The summed E-state index contributed by atoms with van der Waals surface area (Å²) in [7, 11) is 0. The van der Waals surface area contributed by atoms with Gasteiger partial charge in [-0.25, -0.2) is 9.59 Å². The molecule has 0 spiro atoms. The van der Waals surface area contributed by atoms with Crippen molar-refractivity contribution in [3.8, 4) is 0 Å². The zero-order valence-corrected chi connectivity index (χ0v) is 18.1. The van der Waals surface area contributed by atoms with Gasteiger partial charge in [-0.2, -0.15) is 13.2 Å². The largest absolute Gasteiger partial charge is 0.478 e. The first-order valence-corrected chi connectivity index (χ1v) is 10.3. The van der Waals surface area contributed by atoms with E-state index in [1.807, 2.05) is 13.8 Å². The van der Waals surface area contributed by atoms with E-state index in [2.05, 4.69) is 4.90 Å². The van der Waals surface area contributed by atoms with Crippen molar-refractivity contribution in [1.29, 1.82) is 0 Å². The van der Waals surface area contributed by atoms with Crippen molar-refractivity contribution < 1.29 is 32.7 Å². The summed E-state index contributed by atoms with van der Waals surface area (Å²) in [5.74, 6) is -1.69. The van der Waals surface area contributed by atoms with Gasteiger partial charge in [-0.05, 0) is 36.5 Å². The minimum Gasteiger partial charge on any atom is -0.478 e. The van der Waals surface area contributed by atoms with E-state index in [0.29, 0.717) is 56.6 Å². The van der Waals surface area contributed by atoms with Crippen LogP contribution in [0.25, 0.3) is 0 Å². The number of carbonyl (C=O) groups excluding carboxylic acids is 1. The van der Waals surface area contributed by atoms with Crippen molar-refractivity contribution in [2.75, 3.05) is 19.6 Å². The first kappa shape index (κ1) is 25.2. The van der Waals surface area contributed by atoms with E-state index in [9.17, 15) is 22.8 Å². The number of halogens is 4. The number of aliphatic carboxylic acids is 1. The van der Waals surface area contributed by atoms with E-state index in [-0.39, 0.29) is 11.1 Å². The van der Waals surface area contributed by atoms with Crippen LogP contribution in [0, 0.1) is 5.92 Å². The number of hydrogen-bond acceptors (Lipinski definition) is 5. The third kappa shape index (κ3) is 8.16. The molecule has 0 bridgehead atoms. The number of benzene rings is 1. The summed E-state index contributed by atoms with van der Waals surface area (Å²) in [5.41, 5.74) is -0.308. The molecule has 31 heavy (non-hydrogen) atoms. The molecule has 0 saturated carbocycles. The Kier molecular flexibility index (Phi) is 8.90. The zero-order chi connectivity index (χ0) is 23.2. The summed E-state index contributed by atoms with van der Waals surface area (Å²) in [6, 6.07) is 4.09. The molecule has 1 aliphatic heterocycles. The molecular weight excluding hydrogens is 437 g/mol. The van der Waals surface area contributed by atoms with Gasteiger partial charge in [0.25, 0.3) is 0 Å². The summed E-state index contributed by atoms with van der Waals surface area (Å²) in [4.78, 5) is 29.4. The lowest BCUT2D eigenvalue weighted by Gasteiger charge is -2.38. The Morgan fingerprint density at radius 1 is 1.29 bits per heavy atom. The van der Waals surface area contributed by atoms with Gasteiger partial charge in [0.15, 0.2) is 0 Å². The zero-order valence-electron chi connectivity index (χ0n) is 17.4. The van der Waals surface area contributed by atoms with Crippen LogP contribution in [0.4, 0.5) is 13.2 Å². The van der Waals surface area contributed by atoms with Gasteiger partial charge in [0.2, 0.25) is 0 Å². The third-order valence-electron chi connectivity index (χ3n) is 4.84. The van der Waals surface area contributed by atoms with Crippen LogP contribution in [0.1, 0.15) is 37.8 Å². The van der Waals surface area contributed by atoms with Gasteiger partial charge in [0.05, 0.1) is 10.6 Å². The Morgan fingerprint density at radius 2 is 1.94 bits per heavy atom. The molecule has 1 N–H and O–H groups in total. The summed E-state index contributed by atoms with van der Waals surface area (Å²) in [5, 5.41) is 9.70. The van der Waals surface area contributed by atoms with E-state index in [0.717, 1.165) is 12.1 Å². The lowest BCUT2D eigenvalue weighted by molar-refractivity contribution is -0.191. The van der Waals surface area contributed by atoms with Gasteiger partial charge >= 0.3 is 18.1 Å². The average molecular weight is 463 g/mol. The van der Waals surface area contributed by atoms with Crippen molar-refractivity contribution in [3.05, 3.63) is 46.5 Å². The van der Waals surface area contributed by atoms with Crippen molar-refractivity contribution in [2.24, 2.45) is 5.92 Å². The molecule has 1 aromatic rings. The summed E-state index contributed by atoms with van der Waals surface area (Å²) in [6.07, 6.45) is -1.65. The van der Waals surface area contributed by atoms with Gasteiger partial charge in [-0.15, -0.1) is 5.06 Å². The standard InChI is InChI=1S/C21H26ClF3N2O4/c1-14(2)12-26(13-15-3-4-18(22)17(11-15)21(23,24)25)16-7-9-27(10-8-16)31-20(30)6-5-19(28)29/h3-6,11,14,16H,7-10,12-13H2,1-2H3,(H,28,29)/b6-5+. The second-order valence-corrected chi connectivity index (χ2v) is 8.28. The van der Waals surface area contributed by atoms with Crippen LogP contribution in [-0.2, 0) is 27.1 Å².